The maximum absolute atomic E-state index is 12.8. The number of benzene rings is 1. The van der Waals surface area contributed by atoms with E-state index in [0.29, 0.717) is 10.2 Å². The summed E-state index contributed by atoms with van der Waals surface area (Å²) in [5.74, 6) is -3.12. The Morgan fingerprint density at radius 2 is 1.97 bits per heavy atom. The molecule has 1 aliphatic heterocycles. The predicted molar refractivity (Wildman–Crippen MR) is 109 cm³/mol. The summed E-state index contributed by atoms with van der Waals surface area (Å²) in [6, 6.07) is 3.80. The van der Waals surface area contributed by atoms with Crippen molar-refractivity contribution in [3.63, 3.8) is 0 Å². The predicted octanol–water partition coefficient (Wildman–Crippen LogP) is 2.23. The summed E-state index contributed by atoms with van der Waals surface area (Å²) in [6.45, 7) is 1.66. The SMILES string of the molecule is CN1CCc2nc3sc(C(=O)Nc4cc(O)c(O)cc4C(=O)O)c(N)c3cc2C1. The molecule has 10 heteroatoms. The quantitative estimate of drug-likeness (QED) is 0.323. The fraction of sp³-hybridized carbons (Fsp3) is 0.211. The topological polar surface area (TPSA) is 149 Å². The first-order valence-corrected chi connectivity index (χ1v) is 9.56. The number of carbonyl (C=O) groups excluding carboxylic acids is 1. The van der Waals surface area contributed by atoms with E-state index in [1.165, 1.54) is 0 Å². The van der Waals surface area contributed by atoms with Crippen molar-refractivity contribution in [2.45, 2.75) is 13.0 Å². The van der Waals surface area contributed by atoms with Gasteiger partial charge in [0.1, 0.15) is 9.71 Å². The second-order valence-corrected chi connectivity index (χ2v) is 7.92. The van der Waals surface area contributed by atoms with Crippen molar-refractivity contribution < 1.29 is 24.9 Å². The zero-order valence-corrected chi connectivity index (χ0v) is 16.2. The molecule has 0 aliphatic carbocycles. The molecule has 0 unspecified atom stereocenters. The zero-order valence-electron chi connectivity index (χ0n) is 15.4. The lowest BCUT2D eigenvalue weighted by molar-refractivity contribution is 0.0697. The van der Waals surface area contributed by atoms with Crippen LogP contribution < -0.4 is 11.1 Å². The van der Waals surface area contributed by atoms with Crippen LogP contribution in [0.15, 0.2) is 18.2 Å². The Balaban J connectivity index is 1.72. The Kier molecular flexibility index (Phi) is 4.52. The number of carbonyl (C=O) groups is 2. The maximum atomic E-state index is 12.8. The molecule has 0 radical (unpaired) electrons. The number of aromatic nitrogens is 1. The Labute approximate surface area is 169 Å². The number of likely N-dealkylation sites (N-methyl/N-ethyl adjacent to an activating group) is 1. The first-order valence-electron chi connectivity index (χ1n) is 8.74. The van der Waals surface area contributed by atoms with E-state index in [2.05, 4.69) is 15.2 Å². The van der Waals surface area contributed by atoms with Gasteiger partial charge in [0, 0.05) is 42.7 Å². The molecule has 0 atom stereocenters. The first-order chi connectivity index (χ1) is 13.7. The van der Waals surface area contributed by atoms with Gasteiger partial charge in [-0.05, 0) is 18.7 Å². The molecule has 3 aromatic rings. The van der Waals surface area contributed by atoms with Crippen molar-refractivity contribution in [2.75, 3.05) is 24.6 Å². The molecule has 1 amide bonds. The lowest BCUT2D eigenvalue weighted by atomic mass is 10.0. The summed E-state index contributed by atoms with van der Waals surface area (Å²) in [5, 5.41) is 31.6. The van der Waals surface area contributed by atoms with Crippen molar-refractivity contribution >= 4 is 44.8 Å². The van der Waals surface area contributed by atoms with Crippen LogP contribution in [0.3, 0.4) is 0 Å². The molecule has 0 saturated heterocycles. The normalized spacial score (nSPS) is 14.0. The van der Waals surface area contributed by atoms with Crippen LogP contribution in [0.1, 0.15) is 31.3 Å². The molecule has 0 saturated carbocycles. The molecule has 29 heavy (non-hydrogen) atoms. The minimum atomic E-state index is -1.36. The molecular weight excluding hydrogens is 396 g/mol. The third-order valence-electron chi connectivity index (χ3n) is 4.86. The lowest BCUT2D eigenvalue weighted by Crippen LogP contribution is -2.27. The first kappa shape index (κ1) is 19.0. The third kappa shape index (κ3) is 3.32. The summed E-state index contributed by atoms with van der Waals surface area (Å²) >= 11 is 1.13. The Morgan fingerprint density at radius 3 is 2.69 bits per heavy atom. The number of aromatic hydroxyl groups is 2. The van der Waals surface area contributed by atoms with Gasteiger partial charge in [0.2, 0.25) is 0 Å². The van der Waals surface area contributed by atoms with Crippen molar-refractivity contribution in [1.82, 2.24) is 9.88 Å². The number of phenols is 2. The van der Waals surface area contributed by atoms with Gasteiger partial charge in [-0.3, -0.25) is 4.79 Å². The van der Waals surface area contributed by atoms with Crippen LogP contribution in [0.25, 0.3) is 10.2 Å². The van der Waals surface area contributed by atoms with Crippen molar-refractivity contribution in [2.24, 2.45) is 0 Å². The zero-order chi connectivity index (χ0) is 20.9. The van der Waals surface area contributed by atoms with Gasteiger partial charge in [0.15, 0.2) is 11.5 Å². The number of anilines is 2. The van der Waals surface area contributed by atoms with E-state index in [-0.39, 0.29) is 21.8 Å². The van der Waals surface area contributed by atoms with E-state index in [1.54, 1.807) is 0 Å². The van der Waals surface area contributed by atoms with E-state index in [1.807, 2.05) is 13.1 Å². The van der Waals surface area contributed by atoms with Gasteiger partial charge in [0.05, 0.1) is 16.9 Å². The fourth-order valence-corrected chi connectivity index (χ4v) is 4.34. The molecule has 0 bridgehead atoms. The number of nitrogens with two attached hydrogens (primary N) is 1. The third-order valence-corrected chi connectivity index (χ3v) is 5.97. The number of pyridine rings is 1. The standard InChI is InChI=1S/C19H18N4O5S/c1-23-3-2-11-8(7-23)4-10-15(20)16(29-18(10)22-11)17(26)21-12-6-14(25)13(24)5-9(12)19(27)28/h4-6,24-25H,2-3,7,20H2,1H3,(H,21,26)(H,27,28). The summed E-state index contributed by atoms with van der Waals surface area (Å²) in [7, 11) is 2.02. The van der Waals surface area contributed by atoms with Crippen molar-refractivity contribution in [3.05, 3.63) is 39.9 Å². The largest absolute Gasteiger partial charge is 0.504 e. The Bertz CT molecular complexity index is 1170. The van der Waals surface area contributed by atoms with E-state index < -0.39 is 23.4 Å². The highest BCUT2D eigenvalue weighted by atomic mass is 32.1. The number of amides is 1. The number of carboxylic acid groups (broad SMARTS) is 1. The highest BCUT2D eigenvalue weighted by Gasteiger charge is 2.23. The molecule has 9 nitrogen and oxygen atoms in total. The number of phenolic OH excluding ortho intramolecular Hbond substituents is 2. The number of nitrogens with zero attached hydrogens (tertiary/aromatic N) is 2. The number of nitrogen functional groups attached to an aromatic ring is 1. The van der Waals surface area contributed by atoms with Crippen LogP contribution >= 0.6 is 11.3 Å². The molecule has 6 N–H and O–H groups in total. The van der Waals surface area contributed by atoms with Gasteiger partial charge < -0.3 is 31.3 Å². The summed E-state index contributed by atoms with van der Waals surface area (Å²) in [5.41, 5.74) is 8.02. The molecule has 0 fully saturated rings. The number of aromatic carboxylic acids is 1. The van der Waals surface area contributed by atoms with Gasteiger partial charge in [-0.15, -0.1) is 11.3 Å². The van der Waals surface area contributed by atoms with Gasteiger partial charge >= 0.3 is 5.97 Å². The van der Waals surface area contributed by atoms with Crippen molar-refractivity contribution in [3.8, 4) is 11.5 Å². The second-order valence-electron chi connectivity index (χ2n) is 6.93. The van der Waals surface area contributed by atoms with Crippen LogP contribution in [0.5, 0.6) is 11.5 Å². The van der Waals surface area contributed by atoms with Crippen LogP contribution in [0, 0.1) is 0 Å². The number of nitrogens with one attached hydrogen (secondary N) is 1. The number of carboxylic acids is 1. The monoisotopic (exact) mass is 414 g/mol. The average Bonchev–Trinajstić information content (AvgIpc) is 2.98. The summed E-state index contributed by atoms with van der Waals surface area (Å²) < 4.78 is 0. The van der Waals surface area contributed by atoms with Crippen LogP contribution in [0.4, 0.5) is 11.4 Å². The highest BCUT2D eigenvalue weighted by molar-refractivity contribution is 7.21. The molecule has 1 aromatic carbocycles. The van der Waals surface area contributed by atoms with Crippen LogP contribution in [-0.4, -0.2) is 50.7 Å². The van der Waals surface area contributed by atoms with Crippen LogP contribution in [0.2, 0.25) is 0 Å². The van der Waals surface area contributed by atoms with Gasteiger partial charge in [-0.2, -0.15) is 0 Å². The molecule has 4 rings (SSSR count). The molecule has 3 heterocycles. The van der Waals surface area contributed by atoms with Gasteiger partial charge in [-0.1, -0.05) is 0 Å². The molecule has 1 aliphatic rings. The van der Waals surface area contributed by atoms with Crippen LogP contribution in [-0.2, 0) is 13.0 Å². The van der Waals surface area contributed by atoms with E-state index in [9.17, 15) is 24.9 Å². The highest BCUT2D eigenvalue weighted by Crippen LogP contribution is 2.36. The fourth-order valence-electron chi connectivity index (χ4n) is 3.34. The van der Waals surface area contributed by atoms with E-state index >= 15 is 0 Å². The maximum Gasteiger partial charge on any atom is 0.337 e. The summed E-state index contributed by atoms with van der Waals surface area (Å²) in [6.07, 6.45) is 0.815. The molecular formula is C19H18N4O5S. The number of hydrogen-bond donors (Lipinski definition) is 5. The van der Waals surface area contributed by atoms with Crippen molar-refractivity contribution in [1.29, 1.82) is 0 Å². The number of rotatable bonds is 3. The van der Waals surface area contributed by atoms with Gasteiger partial charge in [0.25, 0.3) is 5.91 Å². The van der Waals surface area contributed by atoms with E-state index in [4.69, 9.17) is 5.73 Å². The molecule has 150 valence electrons. The number of thiophene rings is 1. The molecule has 2 aromatic heterocycles. The lowest BCUT2D eigenvalue weighted by Gasteiger charge is -2.24. The minimum absolute atomic E-state index is 0.150. The Hall–Kier alpha value is -3.37. The number of fused-ring (bicyclic) bond motifs is 2. The minimum Gasteiger partial charge on any atom is -0.504 e. The Morgan fingerprint density at radius 1 is 1.24 bits per heavy atom. The van der Waals surface area contributed by atoms with Gasteiger partial charge in [-0.25, -0.2) is 9.78 Å². The van der Waals surface area contributed by atoms with E-state index in [0.717, 1.165) is 54.2 Å². The second kappa shape index (κ2) is 6.90. The smallest absolute Gasteiger partial charge is 0.337 e. The average molecular weight is 414 g/mol. The number of hydrogen-bond acceptors (Lipinski definition) is 8. The molecule has 0 spiro atoms. The summed E-state index contributed by atoms with van der Waals surface area (Å²) in [4.78, 5) is 31.9.